The van der Waals surface area contributed by atoms with Crippen LogP contribution in [-0.4, -0.2) is 31.2 Å². The van der Waals surface area contributed by atoms with Crippen LogP contribution >= 0.6 is 0 Å². The number of hydrogen-bond acceptors (Lipinski definition) is 3. The van der Waals surface area contributed by atoms with Gasteiger partial charge >= 0.3 is 0 Å². The van der Waals surface area contributed by atoms with Gasteiger partial charge in [0.15, 0.2) is 0 Å². The minimum absolute atomic E-state index is 0.0783. The zero-order valence-corrected chi connectivity index (χ0v) is 12.7. The van der Waals surface area contributed by atoms with Crippen LogP contribution in [0.3, 0.4) is 0 Å². The molecule has 1 aromatic heterocycles. The van der Waals surface area contributed by atoms with E-state index in [0.717, 1.165) is 18.8 Å². The smallest absolute Gasteiger partial charge is 0.220 e. The first-order valence-electron chi connectivity index (χ1n) is 7.22. The van der Waals surface area contributed by atoms with Crippen LogP contribution in [0, 0.1) is 0 Å². The lowest BCUT2D eigenvalue weighted by Crippen LogP contribution is -2.32. The van der Waals surface area contributed by atoms with E-state index >= 15 is 0 Å². The molecule has 0 fully saturated rings. The Labute approximate surface area is 124 Å². The summed E-state index contributed by atoms with van der Waals surface area (Å²) < 4.78 is 7.57. The van der Waals surface area contributed by atoms with Crippen molar-refractivity contribution in [2.45, 2.75) is 18.9 Å². The molecular weight excluding hydrogens is 266 g/mol. The van der Waals surface area contributed by atoms with Crippen LogP contribution in [0.5, 0.6) is 5.75 Å². The predicted octanol–water partition coefficient (Wildman–Crippen LogP) is 1.51. The van der Waals surface area contributed by atoms with Crippen LogP contribution in [0.15, 0.2) is 18.2 Å². The maximum atomic E-state index is 11.8. The highest BCUT2D eigenvalue weighted by Crippen LogP contribution is 2.37. The highest BCUT2D eigenvalue weighted by molar-refractivity contribution is 5.88. The first-order chi connectivity index (χ1) is 10.2. The molecule has 21 heavy (non-hydrogen) atoms. The van der Waals surface area contributed by atoms with Gasteiger partial charge in [0.1, 0.15) is 5.75 Å². The Morgan fingerprint density at radius 2 is 2.33 bits per heavy atom. The van der Waals surface area contributed by atoms with Gasteiger partial charge in [0.25, 0.3) is 0 Å². The maximum absolute atomic E-state index is 11.8. The fourth-order valence-electron chi connectivity index (χ4n) is 3.27. The first-order valence-corrected chi connectivity index (χ1v) is 7.22. The number of ether oxygens (including phenoxy) is 1. The standard InChI is InChI=1S/C16H21N3O2/c1-17-15(20)6-10-8-18-9-14-16(10)12-7-11(21-3)4-5-13(12)19(14)2/h4-5,7,10,18H,6,8-9H2,1-3H3,(H,17,20). The Kier molecular flexibility index (Phi) is 3.59. The quantitative estimate of drug-likeness (QED) is 0.900. The van der Waals surface area contributed by atoms with E-state index in [1.165, 1.54) is 22.2 Å². The summed E-state index contributed by atoms with van der Waals surface area (Å²) in [6.45, 7) is 1.67. The number of benzene rings is 1. The third-order valence-electron chi connectivity index (χ3n) is 4.37. The number of hydrogen-bond donors (Lipinski definition) is 2. The van der Waals surface area contributed by atoms with Crippen molar-refractivity contribution in [1.82, 2.24) is 15.2 Å². The van der Waals surface area contributed by atoms with Crippen molar-refractivity contribution in [1.29, 1.82) is 0 Å². The van der Waals surface area contributed by atoms with Crippen LogP contribution in [0.2, 0.25) is 0 Å². The minimum atomic E-state index is 0.0783. The van der Waals surface area contributed by atoms with E-state index in [2.05, 4.69) is 34.4 Å². The molecular formula is C16H21N3O2. The molecule has 2 N–H and O–H groups in total. The number of nitrogens with zero attached hydrogens (tertiary/aromatic N) is 1. The fraction of sp³-hybridized carbons (Fsp3) is 0.438. The molecule has 1 atom stereocenters. The Morgan fingerprint density at radius 3 is 3.05 bits per heavy atom. The Bertz CT molecular complexity index is 690. The number of methoxy groups -OCH3 is 1. The van der Waals surface area contributed by atoms with Crippen molar-refractivity contribution in [2.24, 2.45) is 7.05 Å². The second kappa shape index (κ2) is 5.41. The van der Waals surface area contributed by atoms with Crippen molar-refractivity contribution in [3.05, 3.63) is 29.5 Å². The van der Waals surface area contributed by atoms with E-state index in [1.54, 1.807) is 14.2 Å². The molecule has 1 aromatic carbocycles. The lowest BCUT2D eigenvalue weighted by Gasteiger charge is -2.24. The van der Waals surface area contributed by atoms with E-state index in [4.69, 9.17) is 4.74 Å². The van der Waals surface area contributed by atoms with E-state index in [-0.39, 0.29) is 11.8 Å². The van der Waals surface area contributed by atoms with E-state index < -0.39 is 0 Å². The molecule has 1 unspecified atom stereocenters. The molecule has 0 saturated carbocycles. The number of rotatable bonds is 3. The summed E-state index contributed by atoms with van der Waals surface area (Å²) in [5.74, 6) is 1.13. The Morgan fingerprint density at radius 1 is 1.52 bits per heavy atom. The van der Waals surface area contributed by atoms with Crippen molar-refractivity contribution in [2.75, 3.05) is 20.7 Å². The molecule has 5 heteroatoms. The number of carbonyl (C=O) groups excluding carboxylic acids is 1. The van der Waals surface area contributed by atoms with Gasteiger partial charge in [-0.3, -0.25) is 4.79 Å². The molecule has 112 valence electrons. The summed E-state index contributed by atoms with van der Waals surface area (Å²) in [4.78, 5) is 11.8. The summed E-state index contributed by atoms with van der Waals surface area (Å²) in [6.07, 6.45) is 0.507. The van der Waals surface area contributed by atoms with Crippen molar-refractivity contribution in [3.8, 4) is 5.75 Å². The molecule has 0 aliphatic carbocycles. The summed E-state index contributed by atoms with van der Waals surface area (Å²) in [5, 5.41) is 7.34. The van der Waals surface area contributed by atoms with E-state index in [1.807, 2.05) is 6.07 Å². The molecule has 0 bridgehead atoms. The zero-order chi connectivity index (χ0) is 15.0. The fourth-order valence-corrected chi connectivity index (χ4v) is 3.27. The minimum Gasteiger partial charge on any atom is -0.497 e. The van der Waals surface area contributed by atoms with Gasteiger partial charge in [0.05, 0.1) is 7.11 Å². The van der Waals surface area contributed by atoms with Crippen LogP contribution in [-0.2, 0) is 18.4 Å². The SMILES string of the molecule is CNC(=O)CC1CNCc2c1c1cc(OC)ccc1n2C. The molecule has 0 saturated heterocycles. The lowest BCUT2D eigenvalue weighted by molar-refractivity contribution is -0.121. The van der Waals surface area contributed by atoms with E-state index in [0.29, 0.717) is 6.42 Å². The van der Waals surface area contributed by atoms with Gasteiger partial charge in [0.2, 0.25) is 5.91 Å². The van der Waals surface area contributed by atoms with Crippen LogP contribution in [0.1, 0.15) is 23.6 Å². The number of aromatic nitrogens is 1. The normalized spacial score (nSPS) is 17.6. The van der Waals surface area contributed by atoms with Gasteiger partial charge in [-0.15, -0.1) is 0 Å². The summed E-state index contributed by atoms with van der Waals surface area (Å²) in [6, 6.07) is 6.15. The maximum Gasteiger partial charge on any atom is 0.220 e. The van der Waals surface area contributed by atoms with Gasteiger partial charge in [-0.25, -0.2) is 0 Å². The molecule has 2 aromatic rings. The summed E-state index contributed by atoms with van der Waals surface area (Å²) >= 11 is 0. The highest BCUT2D eigenvalue weighted by atomic mass is 16.5. The topological polar surface area (TPSA) is 55.3 Å². The predicted molar refractivity (Wildman–Crippen MR) is 82.6 cm³/mol. The molecule has 0 spiro atoms. The van der Waals surface area contributed by atoms with Crippen LogP contribution in [0.4, 0.5) is 0 Å². The average molecular weight is 287 g/mol. The van der Waals surface area contributed by atoms with Crippen molar-refractivity contribution in [3.63, 3.8) is 0 Å². The molecule has 1 amide bonds. The van der Waals surface area contributed by atoms with Gasteiger partial charge in [-0.05, 0) is 23.8 Å². The second-order valence-corrected chi connectivity index (χ2v) is 5.51. The first kappa shape index (κ1) is 13.9. The van der Waals surface area contributed by atoms with Gasteiger partial charge < -0.3 is 19.9 Å². The largest absolute Gasteiger partial charge is 0.497 e. The van der Waals surface area contributed by atoms with Crippen LogP contribution < -0.4 is 15.4 Å². The number of fused-ring (bicyclic) bond motifs is 3. The molecule has 1 aliphatic heterocycles. The van der Waals surface area contributed by atoms with Gasteiger partial charge in [-0.2, -0.15) is 0 Å². The Balaban J connectivity index is 2.15. The number of amides is 1. The van der Waals surface area contributed by atoms with Gasteiger partial charge in [0, 0.05) is 56.1 Å². The number of nitrogens with one attached hydrogen (secondary N) is 2. The number of carbonyl (C=O) groups is 1. The number of aryl methyl sites for hydroxylation is 1. The lowest BCUT2D eigenvalue weighted by atomic mass is 9.90. The van der Waals surface area contributed by atoms with Crippen molar-refractivity contribution >= 4 is 16.8 Å². The average Bonchev–Trinajstić information content (AvgIpc) is 2.80. The summed E-state index contributed by atoms with van der Waals surface area (Å²) in [7, 11) is 5.45. The molecule has 0 radical (unpaired) electrons. The molecule has 1 aliphatic rings. The molecule has 2 heterocycles. The summed E-state index contributed by atoms with van der Waals surface area (Å²) in [5.41, 5.74) is 3.73. The monoisotopic (exact) mass is 287 g/mol. The van der Waals surface area contributed by atoms with Crippen molar-refractivity contribution < 1.29 is 9.53 Å². The Hall–Kier alpha value is -2.01. The molecule has 3 rings (SSSR count). The second-order valence-electron chi connectivity index (χ2n) is 5.51. The highest BCUT2D eigenvalue weighted by Gasteiger charge is 2.27. The van der Waals surface area contributed by atoms with Gasteiger partial charge in [-0.1, -0.05) is 0 Å². The zero-order valence-electron chi connectivity index (χ0n) is 12.7. The molecule has 5 nitrogen and oxygen atoms in total. The third kappa shape index (κ3) is 2.27. The third-order valence-corrected chi connectivity index (χ3v) is 4.37. The van der Waals surface area contributed by atoms with Crippen LogP contribution in [0.25, 0.3) is 10.9 Å². The van der Waals surface area contributed by atoms with E-state index in [9.17, 15) is 4.79 Å².